The van der Waals surface area contributed by atoms with Gasteiger partial charge in [0.1, 0.15) is 5.58 Å². The topological polar surface area (TPSA) is 86.2 Å². The van der Waals surface area contributed by atoms with Gasteiger partial charge in [0.2, 0.25) is 0 Å². The molecular formula is C16H10N2O4S. The highest BCUT2D eigenvalue weighted by atomic mass is 32.1. The molecule has 0 aliphatic heterocycles. The van der Waals surface area contributed by atoms with Gasteiger partial charge < -0.3 is 4.42 Å². The summed E-state index contributed by atoms with van der Waals surface area (Å²) < 4.78 is 5.88. The van der Waals surface area contributed by atoms with Gasteiger partial charge in [0.25, 0.3) is 5.69 Å². The molecule has 0 aliphatic rings. The van der Waals surface area contributed by atoms with E-state index in [-0.39, 0.29) is 11.3 Å². The summed E-state index contributed by atoms with van der Waals surface area (Å²) in [4.78, 5) is 24.6. The van der Waals surface area contributed by atoms with Gasteiger partial charge in [-0.3, -0.25) is 10.1 Å². The average molecular weight is 326 g/mol. The molecule has 0 spiro atoms. The van der Waals surface area contributed by atoms with Gasteiger partial charge in [0, 0.05) is 23.6 Å². The van der Waals surface area contributed by atoms with Crippen molar-refractivity contribution >= 4 is 38.2 Å². The van der Waals surface area contributed by atoms with Crippen molar-refractivity contribution in [3.63, 3.8) is 0 Å². The van der Waals surface area contributed by atoms with Crippen molar-refractivity contribution in [1.82, 2.24) is 4.98 Å². The Hall–Kier alpha value is -3.06. The minimum atomic E-state index is -0.418. The molecule has 4 aromatic rings. The van der Waals surface area contributed by atoms with Gasteiger partial charge in [0.05, 0.1) is 20.7 Å². The third-order valence-electron chi connectivity index (χ3n) is 3.05. The number of nitro groups is 1. The maximum atomic E-state index is 10.7. The number of fused-ring (bicyclic) bond motifs is 2. The average Bonchev–Trinajstić information content (AvgIpc) is 3.03. The fourth-order valence-corrected chi connectivity index (χ4v) is 2.63. The van der Waals surface area contributed by atoms with E-state index in [1.165, 1.54) is 29.5 Å². The van der Waals surface area contributed by atoms with E-state index in [1.807, 2.05) is 18.2 Å². The fourth-order valence-electron chi connectivity index (χ4n) is 1.97. The third kappa shape index (κ3) is 3.41. The molecule has 0 bridgehead atoms. The summed E-state index contributed by atoms with van der Waals surface area (Å²) >= 11 is 1.47. The molecule has 0 atom stereocenters. The molecule has 0 unspecified atom stereocenters. The quantitative estimate of drug-likeness (QED) is 0.300. The zero-order chi connectivity index (χ0) is 16.2. The smallest absolute Gasteiger partial charge is 0.336 e. The molecule has 2 aromatic carbocycles. The summed E-state index contributed by atoms with van der Waals surface area (Å²) in [6, 6.07) is 15.3. The first kappa shape index (κ1) is 14.9. The molecule has 0 amide bonds. The lowest BCUT2D eigenvalue weighted by molar-refractivity contribution is -0.384. The summed E-state index contributed by atoms with van der Waals surface area (Å²) in [5.41, 5.74) is 2.79. The van der Waals surface area contributed by atoms with Crippen LogP contribution in [0.2, 0.25) is 0 Å². The molecule has 0 saturated heterocycles. The van der Waals surface area contributed by atoms with Crippen LogP contribution in [0.5, 0.6) is 0 Å². The maximum absolute atomic E-state index is 10.7. The lowest BCUT2D eigenvalue weighted by Gasteiger charge is -1.91. The lowest BCUT2D eigenvalue weighted by Crippen LogP contribution is -1.93. The number of hydrogen-bond donors (Lipinski definition) is 0. The second-order valence-electron chi connectivity index (χ2n) is 4.55. The largest absolute Gasteiger partial charge is 0.423 e. The summed E-state index contributed by atoms with van der Waals surface area (Å²) in [7, 11) is 0. The van der Waals surface area contributed by atoms with Gasteiger partial charge in [-0.15, -0.1) is 11.3 Å². The molecular weight excluding hydrogens is 316 g/mol. The minimum Gasteiger partial charge on any atom is -0.423 e. The van der Waals surface area contributed by atoms with Crippen molar-refractivity contribution in [3.05, 3.63) is 80.6 Å². The predicted octanol–water partition coefficient (Wildman–Crippen LogP) is 4.00. The molecule has 6 nitrogen and oxygen atoms in total. The van der Waals surface area contributed by atoms with Crippen molar-refractivity contribution in [2.24, 2.45) is 0 Å². The zero-order valence-electron chi connectivity index (χ0n) is 11.7. The Kier molecular flexibility index (Phi) is 4.11. The van der Waals surface area contributed by atoms with Crippen molar-refractivity contribution in [3.8, 4) is 0 Å². The Labute approximate surface area is 133 Å². The number of nitro benzene ring substituents is 1. The third-order valence-corrected chi connectivity index (χ3v) is 3.86. The molecule has 0 N–H and O–H groups in total. The SMILES string of the molecule is O=[N+]([O-])c1ccc2scnc2c1.O=c1ccc2ccccc2o1. The standard InChI is InChI=1S/C9H6O2.C7H4N2O2S/c10-9-6-5-7-3-1-2-4-8(7)11-9;10-9(11)5-1-2-7-6(3-5)8-4-12-7/h1-6H;1-4H. The van der Waals surface area contributed by atoms with Gasteiger partial charge in [-0.25, -0.2) is 9.78 Å². The number of aromatic nitrogens is 1. The van der Waals surface area contributed by atoms with Gasteiger partial charge >= 0.3 is 5.63 Å². The van der Waals surface area contributed by atoms with E-state index in [0.29, 0.717) is 11.1 Å². The van der Waals surface area contributed by atoms with Crippen molar-refractivity contribution in [2.75, 3.05) is 0 Å². The molecule has 4 rings (SSSR count). The van der Waals surface area contributed by atoms with Crippen LogP contribution in [0.15, 0.2) is 69.3 Å². The molecule has 0 saturated carbocycles. The van der Waals surface area contributed by atoms with Gasteiger partial charge in [0.15, 0.2) is 0 Å². The van der Waals surface area contributed by atoms with Crippen LogP contribution in [-0.2, 0) is 0 Å². The fraction of sp³-hybridized carbons (Fsp3) is 0. The van der Waals surface area contributed by atoms with Crippen LogP contribution < -0.4 is 5.63 Å². The summed E-state index contributed by atoms with van der Waals surface area (Å²) in [5.74, 6) is 0. The molecule has 7 heteroatoms. The van der Waals surface area contributed by atoms with E-state index in [2.05, 4.69) is 4.98 Å². The molecule has 2 aromatic heterocycles. The van der Waals surface area contributed by atoms with E-state index in [0.717, 1.165) is 10.1 Å². The normalized spacial score (nSPS) is 10.3. The Morgan fingerprint density at radius 1 is 1.09 bits per heavy atom. The maximum Gasteiger partial charge on any atom is 0.336 e. The number of non-ortho nitro benzene ring substituents is 1. The first-order valence-corrected chi connectivity index (χ1v) is 7.48. The number of benzene rings is 2. The van der Waals surface area contributed by atoms with Crippen LogP contribution >= 0.6 is 11.3 Å². The highest BCUT2D eigenvalue weighted by Crippen LogP contribution is 2.22. The molecule has 0 aliphatic carbocycles. The molecule has 2 heterocycles. The Morgan fingerprint density at radius 2 is 1.91 bits per heavy atom. The molecule has 0 radical (unpaired) electrons. The second-order valence-corrected chi connectivity index (χ2v) is 5.44. The number of thiazole rings is 1. The number of nitrogens with zero attached hydrogens (tertiary/aromatic N) is 2. The Balaban J connectivity index is 0.000000136. The summed E-state index contributed by atoms with van der Waals surface area (Å²) in [5, 5.41) is 11.3. The van der Waals surface area contributed by atoms with Gasteiger partial charge in [-0.1, -0.05) is 18.2 Å². The second kappa shape index (κ2) is 6.37. The Bertz CT molecular complexity index is 1040. The molecule has 0 fully saturated rings. The van der Waals surface area contributed by atoms with E-state index in [9.17, 15) is 14.9 Å². The Morgan fingerprint density at radius 3 is 2.74 bits per heavy atom. The number of rotatable bonds is 1. The van der Waals surface area contributed by atoms with Gasteiger partial charge in [-0.05, 0) is 18.2 Å². The number of para-hydroxylation sites is 1. The first-order chi connectivity index (χ1) is 11.1. The summed E-state index contributed by atoms with van der Waals surface area (Å²) in [6.07, 6.45) is 0. The first-order valence-electron chi connectivity index (χ1n) is 6.60. The highest BCUT2D eigenvalue weighted by molar-refractivity contribution is 7.16. The van der Waals surface area contributed by atoms with E-state index >= 15 is 0 Å². The zero-order valence-corrected chi connectivity index (χ0v) is 12.5. The van der Waals surface area contributed by atoms with Crippen LogP contribution in [0.4, 0.5) is 5.69 Å². The van der Waals surface area contributed by atoms with Crippen LogP contribution in [-0.4, -0.2) is 9.91 Å². The van der Waals surface area contributed by atoms with E-state index in [4.69, 9.17) is 4.42 Å². The summed E-state index contributed by atoms with van der Waals surface area (Å²) in [6.45, 7) is 0. The van der Waals surface area contributed by atoms with Gasteiger partial charge in [-0.2, -0.15) is 0 Å². The van der Waals surface area contributed by atoms with Crippen LogP contribution in [0.3, 0.4) is 0 Å². The van der Waals surface area contributed by atoms with Crippen molar-refractivity contribution in [2.45, 2.75) is 0 Å². The van der Waals surface area contributed by atoms with Crippen molar-refractivity contribution < 1.29 is 9.34 Å². The van der Waals surface area contributed by atoms with Crippen LogP contribution in [0, 0.1) is 10.1 Å². The molecule has 23 heavy (non-hydrogen) atoms. The number of hydrogen-bond acceptors (Lipinski definition) is 6. The van der Waals surface area contributed by atoms with E-state index < -0.39 is 4.92 Å². The minimum absolute atomic E-state index is 0.0911. The van der Waals surface area contributed by atoms with Crippen LogP contribution in [0.25, 0.3) is 21.2 Å². The van der Waals surface area contributed by atoms with Crippen molar-refractivity contribution in [1.29, 1.82) is 0 Å². The van der Waals surface area contributed by atoms with Crippen LogP contribution in [0.1, 0.15) is 0 Å². The van der Waals surface area contributed by atoms with E-state index in [1.54, 1.807) is 23.7 Å². The highest BCUT2D eigenvalue weighted by Gasteiger charge is 2.06. The predicted molar refractivity (Wildman–Crippen MR) is 88.8 cm³/mol. The molecule has 114 valence electrons. The monoisotopic (exact) mass is 326 g/mol. The lowest BCUT2D eigenvalue weighted by atomic mass is 10.2.